The Bertz CT molecular complexity index is 636. The van der Waals surface area contributed by atoms with Crippen LogP contribution in [0.15, 0.2) is 45.6 Å². The number of hydrogen-bond acceptors (Lipinski definition) is 1. The van der Waals surface area contributed by atoms with Crippen LogP contribution in [0.5, 0.6) is 0 Å². The van der Waals surface area contributed by atoms with Crippen molar-refractivity contribution in [2.75, 3.05) is 7.11 Å². The van der Waals surface area contributed by atoms with Crippen molar-refractivity contribution in [3.63, 3.8) is 0 Å². The van der Waals surface area contributed by atoms with Crippen molar-refractivity contribution < 1.29 is 31.3 Å². The number of aliphatic hydroxyl groups is 1. The normalized spacial score (nSPS) is 33.3. The van der Waals surface area contributed by atoms with E-state index in [0.29, 0.717) is 0 Å². The van der Waals surface area contributed by atoms with Crippen molar-refractivity contribution in [1.29, 1.82) is 0 Å². The van der Waals surface area contributed by atoms with Gasteiger partial charge in [-0.25, -0.2) is 0 Å². The molecule has 4 aliphatic rings. The maximum atomic E-state index is 7.36. The van der Waals surface area contributed by atoms with Gasteiger partial charge in [0.15, 0.2) is 0 Å². The Labute approximate surface area is 189 Å². The standard InChI is InChI=1S/C20H26Cl2Si.CH4O.Zr/c1-13-11-15-7-3-5-9-17(15)19(13,21)23-20(22)14(2)12-16-8-4-6-10-18(16)20;1-2;/h11-12H,3-10,23H2,1-2H3;2H,1H3;. The van der Waals surface area contributed by atoms with Gasteiger partial charge in [0.2, 0.25) is 0 Å². The predicted molar refractivity (Wildman–Crippen MR) is 112 cm³/mol. The molecule has 0 amide bonds. The monoisotopic (exact) mass is 486 g/mol. The average molecular weight is 489 g/mol. The van der Waals surface area contributed by atoms with E-state index in [4.69, 9.17) is 28.3 Å². The van der Waals surface area contributed by atoms with Gasteiger partial charge in [-0.2, -0.15) is 0 Å². The SMILES string of the molecule is CC1=CC2=C(CCCC2)C1(Cl)[SiH2]C1(Cl)C(C)=CC2=C1CCCC2.CO.[Zr]. The molecule has 0 bridgehead atoms. The maximum Gasteiger partial charge on any atom is 0.0914 e. The molecule has 4 aliphatic carbocycles. The zero-order valence-corrected chi connectivity index (χ0v) is 21.6. The number of halogens is 2. The van der Waals surface area contributed by atoms with Gasteiger partial charge >= 0.3 is 0 Å². The molecule has 0 heterocycles. The number of aliphatic hydroxyl groups excluding tert-OH is 1. The van der Waals surface area contributed by atoms with Crippen molar-refractivity contribution in [1.82, 2.24) is 0 Å². The number of hydrogen-bond donors (Lipinski definition) is 1. The van der Waals surface area contributed by atoms with E-state index in [2.05, 4.69) is 26.0 Å². The molecule has 0 aliphatic heterocycles. The summed E-state index contributed by atoms with van der Waals surface area (Å²) < 4.78 is -0.432. The molecule has 26 heavy (non-hydrogen) atoms. The molecule has 0 saturated heterocycles. The van der Waals surface area contributed by atoms with E-state index >= 15 is 0 Å². The third kappa shape index (κ3) is 3.73. The third-order valence-corrected chi connectivity index (χ3v) is 11.3. The van der Waals surface area contributed by atoms with Gasteiger partial charge in [-0.15, -0.1) is 23.2 Å². The quantitative estimate of drug-likeness (QED) is 0.414. The Hall–Kier alpha value is 0.600. The van der Waals surface area contributed by atoms with Crippen LogP contribution in [0.3, 0.4) is 0 Å². The van der Waals surface area contributed by atoms with Crippen molar-refractivity contribution >= 4 is 32.7 Å². The molecule has 0 aromatic heterocycles. The zero-order chi connectivity index (χ0) is 18.2. The first-order chi connectivity index (χ1) is 11.9. The topological polar surface area (TPSA) is 20.2 Å². The maximum absolute atomic E-state index is 7.36. The molecule has 4 rings (SSSR count). The van der Waals surface area contributed by atoms with Crippen LogP contribution in [0.1, 0.15) is 65.2 Å². The summed E-state index contributed by atoms with van der Waals surface area (Å²) in [6, 6.07) is 0. The Morgan fingerprint density at radius 2 is 1.12 bits per heavy atom. The van der Waals surface area contributed by atoms with Crippen molar-refractivity contribution in [3.05, 3.63) is 45.6 Å². The Balaban J connectivity index is 0.000000784. The largest absolute Gasteiger partial charge is 0.400 e. The molecule has 5 heteroatoms. The molecule has 0 spiro atoms. The minimum atomic E-state index is -0.776. The Morgan fingerprint density at radius 1 is 0.769 bits per heavy atom. The summed E-state index contributed by atoms with van der Waals surface area (Å²) in [6.07, 6.45) is 14.8. The van der Waals surface area contributed by atoms with Crippen molar-refractivity contribution in [3.8, 4) is 0 Å². The van der Waals surface area contributed by atoms with Crippen LogP contribution in [0, 0.1) is 0 Å². The van der Waals surface area contributed by atoms with Crippen LogP contribution < -0.4 is 0 Å². The fraction of sp³-hybridized carbons (Fsp3) is 0.619. The first-order valence-electron chi connectivity index (χ1n) is 9.60. The van der Waals surface area contributed by atoms with Gasteiger partial charge in [-0.3, -0.25) is 0 Å². The van der Waals surface area contributed by atoms with Crippen LogP contribution in [0.4, 0.5) is 0 Å². The molecule has 1 nitrogen and oxygen atoms in total. The second-order valence-corrected chi connectivity index (χ2v) is 12.5. The van der Waals surface area contributed by atoms with Gasteiger partial charge in [0.25, 0.3) is 0 Å². The molecule has 0 saturated carbocycles. The summed E-state index contributed by atoms with van der Waals surface area (Å²) in [4.78, 5) is 0. The summed E-state index contributed by atoms with van der Waals surface area (Å²) in [6.45, 7) is 4.48. The van der Waals surface area contributed by atoms with Gasteiger partial charge in [0, 0.05) is 33.3 Å². The molecule has 0 radical (unpaired) electrons. The van der Waals surface area contributed by atoms with Crippen molar-refractivity contribution in [2.45, 2.75) is 74.2 Å². The van der Waals surface area contributed by atoms with E-state index in [1.165, 1.54) is 84.8 Å². The Morgan fingerprint density at radius 3 is 1.50 bits per heavy atom. The predicted octanol–water partition coefficient (Wildman–Crippen LogP) is 5.29. The van der Waals surface area contributed by atoms with E-state index in [1.807, 2.05) is 0 Å². The van der Waals surface area contributed by atoms with Crippen LogP contribution in [-0.4, -0.2) is 30.7 Å². The van der Waals surface area contributed by atoms with Crippen LogP contribution in [-0.2, 0) is 26.2 Å². The van der Waals surface area contributed by atoms with Gasteiger partial charge in [-0.05, 0) is 87.5 Å². The summed E-state index contributed by atoms with van der Waals surface area (Å²) in [5.41, 5.74) is 8.88. The van der Waals surface area contributed by atoms with Crippen LogP contribution in [0.2, 0.25) is 0 Å². The number of allylic oxidation sites excluding steroid dienone is 8. The van der Waals surface area contributed by atoms with Crippen LogP contribution in [0.25, 0.3) is 0 Å². The van der Waals surface area contributed by atoms with Gasteiger partial charge in [0.05, 0.1) is 18.5 Å². The summed E-state index contributed by atoms with van der Waals surface area (Å²) in [5, 5.41) is 7.00. The molecular formula is C21H30Cl2OSiZr. The fourth-order valence-corrected chi connectivity index (χ4v) is 9.75. The van der Waals surface area contributed by atoms with Gasteiger partial charge in [-0.1, -0.05) is 23.3 Å². The molecule has 2 atom stereocenters. The summed E-state index contributed by atoms with van der Waals surface area (Å²) in [7, 11) is 0.224. The van der Waals surface area contributed by atoms with Gasteiger partial charge in [0.1, 0.15) is 0 Å². The van der Waals surface area contributed by atoms with Gasteiger partial charge < -0.3 is 5.11 Å². The third-order valence-electron chi connectivity index (χ3n) is 6.50. The first-order valence-corrected chi connectivity index (χ1v) is 11.8. The van der Waals surface area contributed by atoms with E-state index < -0.39 is 9.52 Å². The molecule has 2 unspecified atom stereocenters. The summed E-state index contributed by atoms with van der Waals surface area (Å²) >= 11 is 14.7. The molecule has 142 valence electrons. The fourth-order valence-electron chi connectivity index (χ4n) is 5.14. The molecular weight excluding hydrogens is 458 g/mol. The number of rotatable bonds is 2. The van der Waals surface area contributed by atoms with Crippen LogP contribution >= 0.6 is 23.2 Å². The number of alkyl halides is 2. The zero-order valence-electron chi connectivity index (χ0n) is 16.2. The van der Waals surface area contributed by atoms with E-state index in [1.54, 1.807) is 0 Å². The minimum Gasteiger partial charge on any atom is -0.400 e. The smallest absolute Gasteiger partial charge is 0.0914 e. The van der Waals surface area contributed by atoms with E-state index in [9.17, 15) is 0 Å². The van der Waals surface area contributed by atoms with Crippen molar-refractivity contribution in [2.24, 2.45) is 0 Å². The second kappa shape index (κ2) is 8.95. The average Bonchev–Trinajstić information content (AvgIpc) is 3.02. The Kier molecular flexibility index (Phi) is 7.88. The molecule has 1 N–H and O–H groups in total. The molecule has 0 aromatic carbocycles. The van der Waals surface area contributed by atoms with E-state index in [-0.39, 0.29) is 35.2 Å². The molecule has 0 aromatic rings. The molecule has 0 fully saturated rings. The summed E-state index contributed by atoms with van der Waals surface area (Å²) in [5.74, 6) is 0. The minimum absolute atomic E-state index is 0. The van der Waals surface area contributed by atoms with E-state index in [0.717, 1.165) is 7.11 Å². The first kappa shape index (κ1) is 22.9. The second-order valence-electron chi connectivity index (χ2n) is 7.86.